The van der Waals surface area contributed by atoms with Gasteiger partial charge in [0, 0.05) is 16.0 Å². The molecule has 4 nitrogen and oxygen atoms in total. The molecule has 2 heterocycles. The first-order valence-electron chi connectivity index (χ1n) is 5.33. The monoisotopic (exact) mass is 326 g/mol. The zero-order valence-electron chi connectivity index (χ0n) is 9.85. The van der Waals surface area contributed by atoms with E-state index in [0.29, 0.717) is 11.5 Å². The predicted molar refractivity (Wildman–Crippen MR) is 74.1 cm³/mol. The van der Waals surface area contributed by atoms with Crippen molar-refractivity contribution in [3.63, 3.8) is 0 Å². The molecule has 2 rings (SSSR count). The lowest BCUT2D eigenvalue weighted by Crippen LogP contribution is -2.08. The van der Waals surface area contributed by atoms with Gasteiger partial charge in [0.05, 0.1) is 16.1 Å². The van der Waals surface area contributed by atoms with Crippen molar-refractivity contribution < 1.29 is 9.90 Å². The van der Waals surface area contributed by atoms with E-state index in [1.165, 1.54) is 17.5 Å². The molecule has 0 fully saturated rings. The molecule has 0 aliphatic rings. The van der Waals surface area contributed by atoms with Gasteiger partial charge in [-0.15, -0.1) is 11.3 Å². The Hall–Kier alpha value is -1.27. The van der Waals surface area contributed by atoms with Gasteiger partial charge in [-0.2, -0.15) is 0 Å². The van der Waals surface area contributed by atoms with Gasteiger partial charge < -0.3 is 5.11 Å². The minimum atomic E-state index is -0.988. The quantitative estimate of drug-likeness (QED) is 0.932. The predicted octanol–water partition coefficient (Wildman–Crippen LogP) is 3.79. The van der Waals surface area contributed by atoms with Crippen LogP contribution in [-0.4, -0.2) is 21.0 Å². The number of rotatable bonds is 3. The first-order chi connectivity index (χ1) is 8.49. The second-order valence-electron chi connectivity index (χ2n) is 4.08. The number of carboxylic acids is 1. The number of halogens is 1. The van der Waals surface area contributed by atoms with Crippen LogP contribution in [0.25, 0.3) is 10.7 Å². The minimum absolute atomic E-state index is 0.0428. The van der Waals surface area contributed by atoms with E-state index in [9.17, 15) is 4.79 Å². The number of carboxylic acid groups (broad SMARTS) is 1. The smallest absolute Gasteiger partial charge is 0.339 e. The van der Waals surface area contributed by atoms with Crippen LogP contribution in [0.15, 0.2) is 22.1 Å². The number of hydrogen-bond acceptors (Lipinski definition) is 4. The average molecular weight is 327 g/mol. The number of aromatic carboxylic acids is 1. The molecule has 2 aromatic rings. The Bertz CT molecular complexity index is 596. The van der Waals surface area contributed by atoms with E-state index in [0.717, 1.165) is 9.35 Å². The third kappa shape index (κ3) is 2.59. The summed E-state index contributed by atoms with van der Waals surface area (Å²) in [5.74, 6) is -0.377. The van der Waals surface area contributed by atoms with Crippen LogP contribution in [0, 0.1) is 0 Å². The van der Waals surface area contributed by atoms with Gasteiger partial charge in [0.15, 0.2) is 5.82 Å². The van der Waals surface area contributed by atoms with Crippen molar-refractivity contribution in [2.24, 2.45) is 0 Å². The number of nitrogens with zero attached hydrogens (tertiary/aromatic N) is 2. The van der Waals surface area contributed by atoms with Crippen molar-refractivity contribution in [1.29, 1.82) is 0 Å². The van der Waals surface area contributed by atoms with Gasteiger partial charge in [-0.05, 0) is 27.9 Å². The molecule has 0 atom stereocenters. The fourth-order valence-corrected chi connectivity index (χ4v) is 2.92. The minimum Gasteiger partial charge on any atom is -0.478 e. The molecule has 0 saturated carbocycles. The number of hydrogen-bond donors (Lipinski definition) is 1. The molecule has 0 bridgehead atoms. The third-order valence-electron chi connectivity index (χ3n) is 2.38. The highest BCUT2D eigenvalue weighted by Gasteiger charge is 2.17. The molecule has 0 aromatic carbocycles. The third-order valence-corrected chi connectivity index (χ3v) is 4.07. The summed E-state index contributed by atoms with van der Waals surface area (Å²) in [6, 6.07) is 1.92. The van der Waals surface area contributed by atoms with Crippen LogP contribution in [0.3, 0.4) is 0 Å². The van der Waals surface area contributed by atoms with Crippen LogP contribution in [0.2, 0.25) is 0 Å². The summed E-state index contributed by atoms with van der Waals surface area (Å²) in [6.07, 6.45) is 1.38. The van der Waals surface area contributed by atoms with E-state index in [1.54, 1.807) is 0 Å². The lowest BCUT2D eigenvalue weighted by atomic mass is 10.1. The van der Waals surface area contributed by atoms with Gasteiger partial charge >= 0.3 is 5.97 Å². The second-order valence-corrected chi connectivity index (χ2v) is 5.91. The maximum atomic E-state index is 11.1. The van der Waals surface area contributed by atoms with Crippen LogP contribution in [0.4, 0.5) is 0 Å². The molecule has 0 unspecified atom stereocenters. The zero-order valence-corrected chi connectivity index (χ0v) is 12.2. The van der Waals surface area contributed by atoms with Gasteiger partial charge in [-0.1, -0.05) is 13.8 Å². The molecule has 0 aliphatic heterocycles. The standard InChI is InChI=1S/C12H11BrN2O2S/c1-6(2)10-8(12(16)17)4-14-11(15-10)9-3-7(13)5-18-9/h3-6H,1-2H3,(H,16,17). The molecule has 2 aromatic heterocycles. The summed E-state index contributed by atoms with van der Waals surface area (Å²) in [5, 5.41) is 11.0. The molecule has 94 valence electrons. The van der Waals surface area contributed by atoms with Gasteiger partial charge in [-0.25, -0.2) is 14.8 Å². The molecule has 6 heteroatoms. The van der Waals surface area contributed by atoms with E-state index < -0.39 is 5.97 Å². The summed E-state index contributed by atoms with van der Waals surface area (Å²) < 4.78 is 0.972. The first kappa shape index (κ1) is 13.2. The second kappa shape index (κ2) is 5.16. The van der Waals surface area contributed by atoms with E-state index in [2.05, 4.69) is 25.9 Å². The average Bonchev–Trinajstić information content (AvgIpc) is 2.75. The van der Waals surface area contributed by atoms with Crippen LogP contribution in [0.1, 0.15) is 35.8 Å². The van der Waals surface area contributed by atoms with E-state index in [1.807, 2.05) is 25.3 Å². The highest BCUT2D eigenvalue weighted by molar-refractivity contribution is 9.10. The van der Waals surface area contributed by atoms with Gasteiger partial charge in [-0.3, -0.25) is 0 Å². The van der Waals surface area contributed by atoms with Crippen molar-refractivity contribution in [3.8, 4) is 10.7 Å². The molecule has 0 aliphatic carbocycles. The molecule has 0 amide bonds. The van der Waals surface area contributed by atoms with Crippen molar-refractivity contribution in [2.45, 2.75) is 19.8 Å². The molecular formula is C12H11BrN2O2S. The summed E-state index contributed by atoms with van der Waals surface area (Å²) in [7, 11) is 0. The lowest BCUT2D eigenvalue weighted by molar-refractivity contribution is 0.0694. The van der Waals surface area contributed by atoms with Crippen molar-refractivity contribution in [1.82, 2.24) is 9.97 Å². The van der Waals surface area contributed by atoms with Crippen LogP contribution in [0.5, 0.6) is 0 Å². The summed E-state index contributed by atoms with van der Waals surface area (Å²) >= 11 is 4.89. The summed E-state index contributed by atoms with van der Waals surface area (Å²) in [5.41, 5.74) is 0.737. The highest BCUT2D eigenvalue weighted by Crippen LogP contribution is 2.28. The normalized spacial score (nSPS) is 10.9. The zero-order chi connectivity index (χ0) is 13.3. The van der Waals surface area contributed by atoms with Crippen LogP contribution < -0.4 is 0 Å². The number of aromatic nitrogens is 2. The van der Waals surface area contributed by atoms with Gasteiger partial charge in [0.2, 0.25) is 0 Å². The van der Waals surface area contributed by atoms with E-state index in [4.69, 9.17) is 5.11 Å². The molecule has 0 saturated heterocycles. The van der Waals surface area contributed by atoms with Crippen LogP contribution in [-0.2, 0) is 0 Å². The summed E-state index contributed by atoms with van der Waals surface area (Å²) in [6.45, 7) is 3.84. The van der Waals surface area contributed by atoms with Gasteiger partial charge in [0.25, 0.3) is 0 Å². The highest BCUT2D eigenvalue weighted by atomic mass is 79.9. The van der Waals surface area contributed by atoms with Gasteiger partial charge in [0.1, 0.15) is 0 Å². The number of carbonyl (C=O) groups is 1. The fourth-order valence-electron chi connectivity index (χ4n) is 1.55. The van der Waals surface area contributed by atoms with Crippen LogP contribution >= 0.6 is 27.3 Å². The molecule has 0 radical (unpaired) electrons. The van der Waals surface area contributed by atoms with Crippen molar-refractivity contribution >= 4 is 33.2 Å². The molecule has 18 heavy (non-hydrogen) atoms. The molecular weight excluding hydrogens is 316 g/mol. The topological polar surface area (TPSA) is 63.1 Å². The maximum Gasteiger partial charge on any atom is 0.339 e. The lowest BCUT2D eigenvalue weighted by Gasteiger charge is -2.09. The van der Waals surface area contributed by atoms with Crippen molar-refractivity contribution in [2.75, 3.05) is 0 Å². The largest absolute Gasteiger partial charge is 0.478 e. The molecule has 0 spiro atoms. The molecule has 1 N–H and O–H groups in total. The number of thiophene rings is 1. The first-order valence-corrected chi connectivity index (χ1v) is 7.01. The SMILES string of the molecule is CC(C)c1nc(-c2cc(Br)cs2)ncc1C(=O)O. The Morgan fingerprint density at radius 1 is 1.50 bits per heavy atom. The Balaban J connectivity index is 2.53. The Morgan fingerprint density at radius 2 is 2.22 bits per heavy atom. The van der Waals surface area contributed by atoms with E-state index in [-0.39, 0.29) is 11.5 Å². The maximum absolute atomic E-state index is 11.1. The Labute approximate surface area is 117 Å². The van der Waals surface area contributed by atoms with Crippen molar-refractivity contribution in [3.05, 3.63) is 33.4 Å². The van der Waals surface area contributed by atoms with E-state index >= 15 is 0 Å². The summed E-state index contributed by atoms with van der Waals surface area (Å²) in [4.78, 5) is 20.5. The Kier molecular flexibility index (Phi) is 3.77. The Morgan fingerprint density at radius 3 is 2.72 bits per heavy atom. The fraction of sp³-hybridized carbons (Fsp3) is 0.250.